The second kappa shape index (κ2) is 8.22. The Morgan fingerprint density at radius 3 is 2.43 bits per heavy atom. The summed E-state index contributed by atoms with van der Waals surface area (Å²) in [5, 5.41) is 0.831. The van der Waals surface area contributed by atoms with E-state index < -0.39 is 17.2 Å². The molecule has 0 aliphatic rings. The van der Waals surface area contributed by atoms with Gasteiger partial charge in [-0.15, -0.1) is 0 Å². The first-order valence-corrected chi connectivity index (χ1v) is 10.0. The summed E-state index contributed by atoms with van der Waals surface area (Å²) in [6, 6.07) is 7.36. The molecule has 0 radical (unpaired) electrons. The van der Waals surface area contributed by atoms with Crippen LogP contribution in [0.2, 0.25) is 0 Å². The summed E-state index contributed by atoms with van der Waals surface area (Å²) in [6.45, 7) is 10.1. The molecule has 8 heteroatoms. The number of hydrogen-bond acceptors (Lipinski definition) is 5. The second-order valence-corrected chi connectivity index (χ2v) is 8.36. The van der Waals surface area contributed by atoms with Crippen LogP contribution in [0.1, 0.15) is 43.8 Å². The molecule has 30 heavy (non-hydrogen) atoms. The Morgan fingerprint density at radius 1 is 1.17 bits per heavy atom. The molecule has 3 N–H and O–H groups in total. The first-order chi connectivity index (χ1) is 14.1. The maximum Gasteiger partial charge on any atom is 0.330 e. The number of benzene rings is 1. The maximum atomic E-state index is 13.5. The highest BCUT2D eigenvalue weighted by molar-refractivity contribution is 6.08. The molecule has 0 unspecified atom stereocenters. The predicted molar refractivity (Wildman–Crippen MR) is 118 cm³/mol. The van der Waals surface area contributed by atoms with Crippen molar-refractivity contribution < 1.29 is 9.21 Å². The Morgan fingerprint density at radius 2 is 1.83 bits per heavy atom. The van der Waals surface area contributed by atoms with E-state index in [9.17, 15) is 14.4 Å². The zero-order chi connectivity index (χ0) is 22.2. The number of hydrogen-bond donors (Lipinski definition) is 2. The average molecular weight is 412 g/mol. The molecule has 1 aromatic carbocycles. The van der Waals surface area contributed by atoms with Crippen molar-refractivity contribution in [2.24, 2.45) is 11.8 Å². The molecule has 160 valence electrons. The first kappa shape index (κ1) is 21.4. The van der Waals surface area contributed by atoms with Crippen LogP contribution in [0.4, 0.5) is 11.5 Å². The average Bonchev–Trinajstić information content (AvgIpc) is 3.00. The predicted octanol–water partition coefficient (Wildman–Crippen LogP) is 3.13. The molecule has 0 atom stereocenters. The smallest absolute Gasteiger partial charge is 0.330 e. The summed E-state index contributed by atoms with van der Waals surface area (Å²) in [5.74, 6) is -0.180. The van der Waals surface area contributed by atoms with Gasteiger partial charge >= 0.3 is 5.69 Å². The van der Waals surface area contributed by atoms with Gasteiger partial charge in [0.15, 0.2) is 11.4 Å². The van der Waals surface area contributed by atoms with Gasteiger partial charge in [-0.2, -0.15) is 0 Å². The monoisotopic (exact) mass is 412 g/mol. The summed E-state index contributed by atoms with van der Waals surface area (Å²) < 4.78 is 7.13. The number of nitrogens with one attached hydrogen (secondary N) is 1. The minimum atomic E-state index is -0.694. The fourth-order valence-electron chi connectivity index (χ4n) is 3.53. The van der Waals surface area contributed by atoms with Crippen LogP contribution in [0.25, 0.3) is 11.0 Å². The topological polar surface area (TPSA) is 114 Å². The molecule has 0 aliphatic carbocycles. The lowest BCUT2D eigenvalue weighted by Gasteiger charge is -2.25. The zero-order valence-electron chi connectivity index (χ0n) is 18.0. The van der Waals surface area contributed by atoms with Crippen molar-refractivity contribution in [1.82, 2.24) is 9.55 Å². The number of nitrogen functional groups attached to an aromatic ring is 1. The van der Waals surface area contributed by atoms with Crippen molar-refractivity contribution in [1.29, 1.82) is 0 Å². The van der Waals surface area contributed by atoms with Gasteiger partial charge in [-0.05, 0) is 24.8 Å². The number of carbonyl (C=O) groups excluding carboxylic acids is 1. The summed E-state index contributed by atoms with van der Waals surface area (Å²) >= 11 is 0. The third kappa shape index (κ3) is 3.90. The number of aryl methyl sites for hydroxylation is 1. The third-order valence-corrected chi connectivity index (χ3v) is 4.86. The number of anilines is 2. The lowest BCUT2D eigenvalue weighted by atomic mass is 10.1. The molecule has 3 aromatic rings. The van der Waals surface area contributed by atoms with Crippen LogP contribution >= 0.6 is 0 Å². The Kier molecular flexibility index (Phi) is 5.87. The van der Waals surface area contributed by atoms with Gasteiger partial charge in [0, 0.05) is 24.0 Å². The van der Waals surface area contributed by atoms with E-state index in [2.05, 4.69) is 4.98 Å². The SMILES string of the molecule is Cc1c(C(=O)N(CC(C)C)c2c(N)n(CC(C)C)c(=O)[nH]c2=O)oc2ccccc12. The molecule has 0 aliphatic heterocycles. The quantitative estimate of drug-likeness (QED) is 0.645. The van der Waals surface area contributed by atoms with Crippen LogP contribution in [-0.2, 0) is 6.54 Å². The Balaban J connectivity index is 2.20. The second-order valence-electron chi connectivity index (χ2n) is 8.36. The highest BCUT2D eigenvalue weighted by Gasteiger charge is 2.29. The first-order valence-electron chi connectivity index (χ1n) is 10.0. The largest absolute Gasteiger partial charge is 0.451 e. The number of nitrogens with two attached hydrogens (primary N) is 1. The molecule has 0 saturated heterocycles. The number of para-hydroxylation sites is 1. The number of carbonyl (C=O) groups is 1. The summed E-state index contributed by atoms with van der Waals surface area (Å²) in [7, 11) is 0. The molecule has 3 rings (SSSR count). The molecule has 0 saturated carbocycles. The zero-order valence-corrected chi connectivity index (χ0v) is 18.0. The normalized spacial score (nSPS) is 11.6. The van der Waals surface area contributed by atoms with Crippen LogP contribution < -0.4 is 21.9 Å². The van der Waals surface area contributed by atoms with Gasteiger partial charge in [0.25, 0.3) is 11.5 Å². The van der Waals surface area contributed by atoms with Crippen molar-refractivity contribution in [3.63, 3.8) is 0 Å². The number of H-pyrrole nitrogens is 1. The van der Waals surface area contributed by atoms with Crippen LogP contribution in [0.5, 0.6) is 0 Å². The van der Waals surface area contributed by atoms with E-state index in [0.29, 0.717) is 17.7 Å². The molecular weight excluding hydrogens is 384 g/mol. The van der Waals surface area contributed by atoms with E-state index in [1.54, 1.807) is 13.0 Å². The molecule has 0 bridgehead atoms. The molecule has 2 heterocycles. The van der Waals surface area contributed by atoms with Crippen LogP contribution in [0.3, 0.4) is 0 Å². The Hall–Kier alpha value is -3.29. The number of aromatic nitrogens is 2. The fourth-order valence-corrected chi connectivity index (χ4v) is 3.53. The number of fused-ring (bicyclic) bond motifs is 1. The molecule has 0 fully saturated rings. The molecule has 1 amide bonds. The highest BCUT2D eigenvalue weighted by Crippen LogP contribution is 2.28. The van der Waals surface area contributed by atoms with Crippen molar-refractivity contribution in [2.75, 3.05) is 17.2 Å². The van der Waals surface area contributed by atoms with Gasteiger partial charge < -0.3 is 10.2 Å². The lowest BCUT2D eigenvalue weighted by molar-refractivity contribution is 0.0958. The van der Waals surface area contributed by atoms with Crippen LogP contribution in [0.15, 0.2) is 38.3 Å². The minimum Gasteiger partial charge on any atom is -0.451 e. The van der Waals surface area contributed by atoms with E-state index in [1.807, 2.05) is 45.9 Å². The number of amides is 1. The molecule has 8 nitrogen and oxygen atoms in total. The van der Waals surface area contributed by atoms with E-state index in [4.69, 9.17) is 10.2 Å². The fraction of sp³-hybridized carbons (Fsp3) is 0.409. The number of aromatic amines is 1. The van der Waals surface area contributed by atoms with Crippen LogP contribution in [-0.4, -0.2) is 22.0 Å². The summed E-state index contributed by atoms with van der Waals surface area (Å²) in [4.78, 5) is 42.2. The molecular formula is C22H28N4O4. The van der Waals surface area contributed by atoms with Crippen molar-refractivity contribution in [3.05, 3.63) is 56.4 Å². The van der Waals surface area contributed by atoms with Gasteiger partial charge in [-0.3, -0.25) is 24.0 Å². The van der Waals surface area contributed by atoms with E-state index in [0.717, 1.165) is 5.39 Å². The summed E-state index contributed by atoms with van der Waals surface area (Å²) in [5.41, 5.74) is 6.22. The van der Waals surface area contributed by atoms with Gasteiger partial charge in [0.1, 0.15) is 11.4 Å². The van der Waals surface area contributed by atoms with Crippen molar-refractivity contribution in [2.45, 2.75) is 41.2 Å². The van der Waals surface area contributed by atoms with Gasteiger partial charge in [-0.25, -0.2) is 4.79 Å². The third-order valence-electron chi connectivity index (χ3n) is 4.86. The lowest BCUT2D eigenvalue weighted by Crippen LogP contribution is -2.43. The highest BCUT2D eigenvalue weighted by atomic mass is 16.3. The number of nitrogens with zero attached hydrogens (tertiary/aromatic N) is 2. The van der Waals surface area contributed by atoms with Gasteiger partial charge in [-0.1, -0.05) is 45.9 Å². The van der Waals surface area contributed by atoms with E-state index >= 15 is 0 Å². The standard InChI is InChI=1S/C22H28N4O4/c1-12(2)10-25(17-19(23)26(11-13(3)4)22(29)24-20(17)27)21(28)18-14(5)15-8-6-7-9-16(15)30-18/h6-9,12-13H,10-11,23H2,1-5H3,(H,24,27,29). The summed E-state index contributed by atoms with van der Waals surface area (Å²) in [6.07, 6.45) is 0. The molecule has 0 spiro atoms. The minimum absolute atomic E-state index is 0.0276. The van der Waals surface area contributed by atoms with E-state index in [-0.39, 0.29) is 35.6 Å². The van der Waals surface area contributed by atoms with E-state index in [1.165, 1.54) is 9.47 Å². The number of rotatable bonds is 6. The molecule has 2 aromatic heterocycles. The maximum absolute atomic E-state index is 13.5. The van der Waals surface area contributed by atoms with Gasteiger partial charge in [0.2, 0.25) is 0 Å². The van der Waals surface area contributed by atoms with Crippen LogP contribution in [0, 0.1) is 18.8 Å². The van der Waals surface area contributed by atoms with Crippen molar-refractivity contribution >= 4 is 28.4 Å². The van der Waals surface area contributed by atoms with Gasteiger partial charge in [0.05, 0.1) is 0 Å². The van der Waals surface area contributed by atoms with Crippen molar-refractivity contribution in [3.8, 4) is 0 Å². The number of furan rings is 1. The Bertz CT molecular complexity index is 1200. The Labute approximate surface area is 174 Å².